The van der Waals surface area contributed by atoms with Crippen LogP contribution >= 0.6 is 11.6 Å². The largest absolute Gasteiger partial charge is 0.309 e. The molecule has 0 N–H and O–H groups in total. The van der Waals surface area contributed by atoms with E-state index in [9.17, 15) is 0 Å². The third-order valence-corrected chi connectivity index (χ3v) is 4.78. The molecular formula is C15H20ClN3. The summed E-state index contributed by atoms with van der Waals surface area (Å²) in [5.74, 6) is 3.15. The highest BCUT2D eigenvalue weighted by atomic mass is 35.5. The lowest BCUT2D eigenvalue weighted by Gasteiger charge is -2.22. The van der Waals surface area contributed by atoms with Crippen molar-refractivity contribution in [3.8, 4) is 0 Å². The summed E-state index contributed by atoms with van der Waals surface area (Å²) in [6.45, 7) is 4.69. The molecule has 1 saturated carbocycles. The van der Waals surface area contributed by atoms with E-state index in [2.05, 4.69) is 23.4 Å². The maximum Gasteiger partial charge on any atom is 0.160 e. The number of aryl methyl sites for hydroxylation is 1. The second kappa shape index (κ2) is 5.12. The van der Waals surface area contributed by atoms with E-state index in [4.69, 9.17) is 16.6 Å². The van der Waals surface area contributed by atoms with Crippen molar-refractivity contribution in [2.45, 2.75) is 39.2 Å². The van der Waals surface area contributed by atoms with Crippen LogP contribution in [0.25, 0.3) is 11.2 Å². The van der Waals surface area contributed by atoms with Crippen molar-refractivity contribution in [1.29, 1.82) is 0 Å². The summed E-state index contributed by atoms with van der Waals surface area (Å²) in [5, 5.41) is 0. The van der Waals surface area contributed by atoms with Crippen molar-refractivity contribution in [2.24, 2.45) is 11.8 Å². The number of aromatic nitrogens is 3. The van der Waals surface area contributed by atoms with Crippen LogP contribution in [0.5, 0.6) is 0 Å². The molecule has 1 aliphatic carbocycles. The molecule has 0 radical (unpaired) electrons. The van der Waals surface area contributed by atoms with E-state index in [1.807, 2.05) is 18.3 Å². The number of alkyl halides is 1. The Bertz CT molecular complexity index is 578. The van der Waals surface area contributed by atoms with Gasteiger partial charge >= 0.3 is 0 Å². The molecule has 4 heteroatoms. The van der Waals surface area contributed by atoms with Gasteiger partial charge < -0.3 is 4.57 Å². The van der Waals surface area contributed by atoms with E-state index in [1.165, 1.54) is 12.8 Å². The molecule has 3 unspecified atom stereocenters. The quantitative estimate of drug-likeness (QED) is 0.799. The fourth-order valence-electron chi connectivity index (χ4n) is 3.29. The number of nitrogens with zero attached hydrogens (tertiary/aromatic N) is 3. The van der Waals surface area contributed by atoms with Gasteiger partial charge in [-0.1, -0.05) is 13.8 Å². The van der Waals surface area contributed by atoms with Gasteiger partial charge in [0.05, 0.1) is 0 Å². The Morgan fingerprint density at radius 3 is 2.89 bits per heavy atom. The smallest absolute Gasteiger partial charge is 0.160 e. The van der Waals surface area contributed by atoms with E-state index in [0.717, 1.165) is 29.3 Å². The Morgan fingerprint density at radius 2 is 2.21 bits per heavy atom. The number of imidazole rings is 1. The highest BCUT2D eigenvalue weighted by Crippen LogP contribution is 2.41. The summed E-state index contributed by atoms with van der Waals surface area (Å²) in [5.41, 5.74) is 2.02. The monoisotopic (exact) mass is 277 g/mol. The molecule has 1 aliphatic rings. The number of pyridine rings is 1. The minimum atomic E-state index is 0.521. The zero-order valence-corrected chi connectivity index (χ0v) is 12.3. The molecule has 1 fully saturated rings. The second-order valence-electron chi connectivity index (χ2n) is 5.66. The number of hydrogen-bond donors (Lipinski definition) is 0. The van der Waals surface area contributed by atoms with Gasteiger partial charge in [-0.05, 0) is 36.8 Å². The van der Waals surface area contributed by atoms with Crippen LogP contribution in [0.2, 0.25) is 0 Å². The molecule has 0 amide bonds. The first-order chi connectivity index (χ1) is 9.22. The molecule has 3 atom stereocenters. The molecule has 0 aromatic carbocycles. The van der Waals surface area contributed by atoms with Gasteiger partial charge in [0.15, 0.2) is 5.65 Å². The maximum absolute atomic E-state index is 5.93. The van der Waals surface area contributed by atoms with E-state index in [0.29, 0.717) is 17.8 Å². The fraction of sp³-hybridized carbons (Fsp3) is 0.600. The number of halogens is 1. The van der Waals surface area contributed by atoms with Gasteiger partial charge in [-0.3, -0.25) is 0 Å². The molecule has 0 aliphatic heterocycles. The van der Waals surface area contributed by atoms with E-state index in [1.54, 1.807) is 0 Å². The lowest BCUT2D eigenvalue weighted by molar-refractivity contribution is 0.351. The summed E-state index contributed by atoms with van der Waals surface area (Å²) in [7, 11) is 0. The van der Waals surface area contributed by atoms with Crippen LogP contribution < -0.4 is 0 Å². The van der Waals surface area contributed by atoms with Crippen molar-refractivity contribution in [2.75, 3.05) is 5.88 Å². The number of rotatable bonds is 3. The van der Waals surface area contributed by atoms with Crippen LogP contribution in [0.15, 0.2) is 18.3 Å². The average molecular weight is 278 g/mol. The Labute approximate surface area is 119 Å². The Balaban J connectivity index is 2.12. The topological polar surface area (TPSA) is 30.7 Å². The first kappa shape index (κ1) is 12.9. The normalized spacial score (nSPS) is 27.2. The molecule has 0 spiro atoms. The highest BCUT2D eigenvalue weighted by molar-refractivity contribution is 6.17. The molecule has 0 bridgehead atoms. The zero-order chi connectivity index (χ0) is 13.4. The summed E-state index contributed by atoms with van der Waals surface area (Å²) < 4.78 is 2.35. The molecule has 3 rings (SSSR count). The number of fused-ring (bicyclic) bond motifs is 1. The average Bonchev–Trinajstić information content (AvgIpc) is 2.92. The van der Waals surface area contributed by atoms with Crippen LogP contribution in [-0.2, 0) is 6.42 Å². The molecule has 19 heavy (non-hydrogen) atoms. The lowest BCUT2D eigenvalue weighted by atomic mass is 9.97. The minimum Gasteiger partial charge on any atom is -0.309 e. The molecule has 2 aromatic heterocycles. The fourth-order valence-corrected chi connectivity index (χ4v) is 3.46. The van der Waals surface area contributed by atoms with Crippen molar-refractivity contribution in [1.82, 2.24) is 14.5 Å². The van der Waals surface area contributed by atoms with Crippen molar-refractivity contribution >= 4 is 22.8 Å². The summed E-state index contributed by atoms with van der Waals surface area (Å²) in [4.78, 5) is 9.27. The first-order valence-electron chi connectivity index (χ1n) is 7.10. The Hall–Kier alpha value is -1.09. The molecule has 102 valence electrons. The Kier molecular flexibility index (Phi) is 3.48. The molecular weight excluding hydrogens is 258 g/mol. The van der Waals surface area contributed by atoms with Gasteiger partial charge in [-0.15, -0.1) is 11.6 Å². The molecule has 3 nitrogen and oxygen atoms in total. The van der Waals surface area contributed by atoms with Crippen molar-refractivity contribution in [3.05, 3.63) is 24.2 Å². The SMILES string of the molecule is CC1CCC(n2c(CCCl)nc3cccnc32)C1C. The van der Waals surface area contributed by atoms with Gasteiger partial charge in [0, 0.05) is 24.5 Å². The lowest BCUT2D eigenvalue weighted by Crippen LogP contribution is -2.17. The first-order valence-corrected chi connectivity index (χ1v) is 7.63. The summed E-state index contributed by atoms with van der Waals surface area (Å²) in [6.07, 6.45) is 5.18. The zero-order valence-electron chi connectivity index (χ0n) is 11.5. The highest BCUT2D eigenvalue weighted by Gasteiger charge is 2.33. The number of hydrogen-bond acceptors (Lipinski definition) is 2. The van der Waals surface area contributed by atoms with E-state index < -0.39 is 0 Å². The summed E-state index contributed by atoms with van der Waals surface area (Å²) in [6, 6.07) is 4.51. The van der Waals surface area contributed by atoms with Gasteiger partial charge in [0.2, 0.25) is 0 Å². The Morgan fingerprint density at radius 1 is 1.37 bits per heavy atom. The predicted octanol–water partition coefficient (Wildman–Crippen LogP) is 3.82. The van der Waals surface area contributed by atoms with Crippen LogP contribution in [0.3, 0.4) is 0 Å². The molecule has 2 aromatic rings. The minimum absolute atomic E-state index is 0.521. The molecule has 0 saturated heterocycles. The summed E-state index contributed by atoms with van der Waals surface area (Å²) >= 11 is 5.93. The predicted molar refractivity (Wildman–Crippen MR) is 78.6 cm³/mol. The van der Waals surface area contributed by atoms with Gasteiger partial charge in [0.25, 0.3) is 0 Å². The third-order valence-electron chi connectivity index (χ3n) is 4.59. The van der Waals surface area contributed by atoms with Crippen molar-refractivity contribution in [3.63, 3.8) is 0 Å². The third kappa shape index (κ3) is 2.14. The maximum atomic E-state index is 5.93. The van der Waals surface area contributed by atoms with Gasteiger partial charge in [-0.25, -0.2) is 9.97 Å². The van der Waals surface area contributed by atoms with Crippen LogP contribution in [0.1, 0.15) is 38.6 Å². The van der Waals surface area contributed by atoms with Crippen LogP contribution in [-0.4, -0.2) is 20.4 Å². The molecule has 2 heterocycles. The van der Waals surface area contributed by atoms with Crippen LogP contribution in [0, 0.1) is 11.8 Å². The van der Waals surface area contributed by atoms with Gasteiger partial charge in [-0.2, -0.15) is 0 Å². The second-order valence-corrected chi connectivity index (χ2v) is 6.04. The van der Waals surface area contributed by atoms with E-state index >= 15 is 0 Å². The van der Waals surface area contributed by atoms with Gasteiger partial charge in [0.1, 0.15) is 11.3 Å². The van der Waals surface area contributed by atoms with Crippen molar-refractivity contribution < 1.29 is 0 Å². The van der Waals surface area contributed by atoms with E-state index in [-0.39, 0.29) is 0 Å². The van der Waals surface area contributed by atoms with Crippen LogP contribution in [0.4, 0.5) is 0 Å². The standard InChI is InChI=1S/C15H20ClN3/c1-10-5-6-13(11(10)2)19-14(7-8-16)18-12-4-3-9-17-15(12)19/h3-4,9-11,13H,5-8H2,1-2H3.